The van der Waals surface area contributed by atoms with Crippen LogP contribution in [0, 0.1) is 0 Å². The molecule has 2 aromatic rings. The molecule has 20 heavy (non-hydrogen) atoms. The number of nitrogens with one attached hydrogen (secondary N) is 1. The zero-order chi connectivity index (χ0) is 14.5. The summed E-state index contributed by atoms with van der Waals surface area (Å²) in [5, 5.41) is 2.66. The smallest absolute Gasteiger partial charge is 0.337 e. The molecule has 0 atom stereocenters. The molecule has 0 saturated carbocycles. The van der Waals surface area contributed by atoms with E-state index in [1.54, 1.807) is 30.5 Å². The molecule has 6 heteroatoms. The summed E-state index contributed by atoms with van der Waals surface area (Å²) < 4.78 is 5.42. The average Bonchev–Trinajstić information content (AvgIpc) is 2.49. The number of aromatic nitrogens is 1. The minimum Gasteiger partial charge on any atom is -0.465 e. The van der Waals surface area contributed by atoms with Gasteiger partial charge in [-0.2, -0.15) is 0 Å². The maximum atomic E-state index is 12.0. The highest BCUT2D eigenvalue weighted by atomic mass is 79.9. The van der Waals surface area contributed by atoms with Crippen molar-refractivity contribution in [1.82, 2.24) is 4.98 Å². The van der Waals surface area contributed by atoms with Gasteiger partial charge < -0.3 is 10.1 Å². The lowest BCUT2D eigenvalue weighted by molar-refractivity contribution is 0.0600. The Morgan fingerprint density at radius 2 is 1.75 bits per heavy atom. The number of carbonyl (C=O) groups is 2. The summed E-state index contributed by atoms with van der Waals surface area (Å²) in [6.45, 7) is 0. The van der Waals surface area contributed by atoms with Crippen molar-refractivity contribution in [1.29, 1.82) is 0 Å². The number of hydrogen-bond donors (Lipinski definition) is 1. The molecular weight excluding hydrogens is 324 g/mol. The number of hydrogen-bond acceptors (Lipinski definition) is 4. The number of carbonyl (C=O) groups excluding carboxylic acids is 2. The molecule has 0 aliphatic rings. The Morgan fingerprint density at radius 1 is 1.10 bits per heavy atom. The van der Waals surface area contributed by atoms with Gasteiger partial charge in [-0.1, -0.05) is 0 Å². The first-order chi connectivity index (χ1) is 9.60. The number of halogens is 1. The molecule has 0 saturated heterocycles. The van der Waals surface area contributed by atoms with Crippen molar-refractivity contribution in [3.63, 3.8) is 0 Å². The van der Waals surface area contributed by atoms with Crippen LogP contribution in [0.5, 0.6) is 0 Å². The van der Waals surface area contributed by atoms with Gasteiger partial charge in [-0.3, -0.25) is 4.79 Å². The predicted molar refractivity (Wildman–Crippen MR) is 77.7 cm³/mol. The number of benzene rings is 1. The number of rotatable bonds is 3. The summed E-state index contributed by atoms with van der Waals surface area (Å²) in [6, 6.07) is 9.65. The van der Waals surface area contributed by atoms with E-state index in [1.165, 1.54) is 19.2 Å². The van der Waals surface area contributed by atoms with E-state index in [1.807, 2.05) is 0 Å². The molecule has 0 spiro atoms. The van der Waals surface area contributed by atoms with Crippen LogP contribution < -0.4 is 5.32 Å². The Hall–Kier alpha value is -2.21. The van der Waals surface area contributed by atoms with E-state index >= 15 is 0 Å². The van der Waals surface area contributed by atoms with E-state index in [0.29, 0.717) is 16.9 Å². The first-order valence-corrected chi connectivity index (χ1v) is 6.51. The zero-order valence-corrected chi connectivity index (χ0v) is 12.2. The Bertz CT molecular complexity index is 624. The summed E-state index contributed by atoms with van der Waals surface area (Å²) in [7, 11) is 1.31. The standard InChI is InChI=1S/C14H11BrN2O3/c1-20-14(19)10-4-2-9(3-5-10)13(18)17-12-7-6-11(15)8-16-12/h2-8H,1H3,(H,16,17,18). The quantitative estimate of drug-likeness (QED) is 0.876. The second-order valence-electron chi connectivity index (χ2n) is 3.88. The number of methoxy groups -OCH3 is 1. The van der Waals surface area contributed by atoms with Crippen molar-refractivity contribution < 1.29 is 14.3 Å². The van der Waals surface area contributed by atoms with Gasteiger partial charge in [0.1, 0.15) is 5.82 Å². The van der Waals surface area contributed by atoms with Crippen LogP contribution in [-0.2, 0) is 4.74 Å². The molecule has 0 aliphatic carbocycles. The number of esters is 1. The monoisotopic (exact) mass is 334 g/mol. The van der Waals surface area contributed by atoms with E-state index in [9.17, 15) is 9.59 Å². The van der Waals surface area contributed by atoms with Gasteiger partial charge in [0.15, 0.2) is 0 Å². The molecule has 0 radical (unpaired) electrons. The highest BCUT2D eigenvalue weighted by Gasteiger charge is 2.09. The number of ether oxygens (including phenoxy) is 1. The van der Waals surface area contributed by atoms with Crippen LogP contribution in [0.4, 0.5) is 5.82 Å². The van der Waals surface area contributed by atoms with Gasteiger partial charge in [0.25, 0.3) is 5.91 Å². The van der Waals surface area contributed by atoms with Gasteiger partial charge in [0.05, 0.1) is 12.7 Å². The topological polar surface area (TPSA) is 68.3 Å². The maximum Gasteiger partial charge on any atom is 0.337 e. The summed E-state index contributed by atoms with van der Waals surface area (Å²) in [5.74, 6) is -0.280. The molecule has 0 bridgehead atoms. The Kier molecular flexibility index (Phi) is 4.47. The minimum absolute atomic E-state index is 0.295. The Balaban J connectivity index is 2.09. The van der Waals surface area contributed by atoms with Crippen molar-refractivity contribution >= 4 is 33.6 Å². The van der Waals surface area contributed by atoms with Gasteiger partial charge in [0, 0.05) is 16.2 Å². The Labute approximate surface area is 124 Å². The van der Waals surface area contributed by atoms with Crippen LogP contribution in [0.3, 0.4) is 0 Å². The fraction of sp³-hybridized carbons (Fsp3) is 0.0714. The van der Waals surface area contributed by atoms with Gasteiger partial charge >= 0.3 is 5.97 Å². The molecule has 0 fully saturated rings. The van der Waals surface area contributed by atoms with E-state index < -0.39 is 5.97 Å². The van der Waals surface area contributed by atoms with Gasteiger partial charge in [-0.25, -0.2) is 9.78 Å². The lowest BCUT2D eigenvalue weighted by atomic mass is 10.1. The molecule has 5 nitrogen and oxygen atoms in total. The fourth-order valence-electron chi connectivity index (χ4n) is 1.51. The van der Waals surface area contributed by atoms with Crippen LogP contribution >= 0.6 is 15.9 Å². The summed E-state index contributed by atoms with van der Waals surface area (Å²) in [5.41, 5.74) is 0.827. The molecule has 1 N–H and O–H groups in total. The first kappa shape index (κ1) is 14.2. The van der Waals surface area contributed by atoms with E-state index in [2.05, 4.69) is 31.0 Å². The minimum atomic E-state index is -0.438. The van der Waals surface area contributed by atoms with E-state index in [-0.39, 0.29) is 5.91 Å². The van der Waals surface area contributed by atoms with Crippen molar-refractivity contribution in [2.45, 2.75) is 0 Å². The van der Waals surface area contributed by atoms with Crippen LogP contribution in [0.1, 0.15) is 20.7 Å². The molecule has 1 amide bonds. The second kappa shape index (κ2) is 6.29. The number of pyridine rings is 1. The molecule has 0 unspecified atom stereocenters. The molecule has 102 valence electrons. The largest absolute Gasteiger partial charge is 0.465 e. The molecule has 0 aliphatic heterocycles. The first-order valence-electron chi connectivity index (χ1n) is 5.71. The highest BCUT2D eigenvalue weighted by Crippen LogP contribution is 2.12. The molecule has 2 rings (SSSR count). The average molecular weight is 335 g/mol. The normalized spacial score (nSPS) is 9.90. The summed E-state index contributed by atoms with van der Waals surface area (Å²) >= 11 is 3.27. The van der Waals surface area contributed by atoms with Gasteiger partial charge in [-0.15, -0.1) is 0 Å². The van der Waals surface area contributed by atoms with Crippen molar-refractivity contribution in [3.8, 4) is 0 Å². The molecular formula is C14H11BrN2O3. The molecule has 1 heterocycles. The predicted octanol–water partition coefficient (Wildman–Crippen LogP) is 2.88. The van der Waals surface area contributed by atoms with Crippen molar-refractivity contribution in [2.24, 2.45) is 0 Å². The van der Waals surface area contributed by atoms with Crippen molar-refractivity contribution in [2.75, 3.05) is 12.4 Å². The number of amides is 1. The number of anilines is 1. The highest BCUT2D eigenvalue weighted by molar-refractivity contribution is 9.10. The van der Waals surface area contributed by atoms with Crippen LogP contribution in [0.25, 0.3) is 0 Å². The third kappa shape index (κ3) is 3.42. The van der Waals surface area contributed by atoms with Crippen LogP contribution in [0.15, 0.2) is 47.1 Å². The third-order valence-electron chi connectivity index (χ3n) is 2.54. The van der Waals surface area contributed by atoms with Crippen LogP contribution in [-0.4, -0.2) is 24.0 Å². The van der Waals surface area contributed by atoms with Crippen molar-refractivity contribution in [3.05, 3.63) is 58.2 Å². The maximum absolute atomic E-state index is 12.0. The SMILES string of the molecule is COC(=O)c1ccc(C(=O)Nc2ccc(Br)cn2)cc1. The zero-order valence-electron chi connectivity index (χ0n) is 10.6. The molecule has 1 aromatic carbocycles. The Morgan fingerprint density at radius 3 is 2.30 bits per heavy atom. The van der Waals surface area contributed by atoms with Gasteiger partial charge in [0.2, 0.25) is 0 Å². The van der Waals surface area contributed by atoms with Crippen LogP contribution in [0.2, 0.25) is 0 Å². The lowest BCUT2D eigenvalue weighted by Crippen LogP contribution is -2.13. The van der Waals surface area contributed by atoms with E-state index in [4.69, 9.17) is 0 Å². The summed E-state index contributed by atoms with van der Waals surface area (Å²) in [6.07, 6.45) is 1.59. The molecule has 1 aromatic heterocycles. The van der Waals surface area contributed by atoms with Gasteiger partial charge in [-0.05, 0) is 52.3 Å². The third-order valence-corrected chi connectivity index (χ3v) is 3.01. The number of nitrogens with zero attached hydrogens (tertiary/aromatic N) is 1. The lowest BCUT2D eigenvalue weighted by Gasteiger charge is -2.05. The summed E-state index contributed by atoms with van der Waals surface area (Å²) in [4.78, 5) is 27.3. The second-order valence-corrected chi connectivity index (χ2v) is 4.80. The fourth-order valence-corrected chi connectivity index (χ4v) is 1.75. The van der Waals surface area contributed by atoms with E-state index in [0.717, 1.165) is 4.47 Å².